The van der Waals surface area contributed by atoms with Gasteiger partial charge in [0, 0.05) is 12.8 Å². The molecule has 0 aliphatic carbocycles. The summed E-state index contributed by atoms with van der Waals surface area (Å²) in [7, 11) is 0. The van der Waals surface area contributed by atoms with Crippen molar-refractivity contribution < 1.29 is 9.13 Å². The highest BCUT2D eigenvalue weighted by molar-refractivity contribution is 5.16. The van der Waals surface area contributed by atoms with Gasteiger partial charge in [0.2, 0.25) is 0 Å². The van der Waals surface area contributed by atoms with Gasteiger partial charge >= 0.3 is 0 Å². The summed E-state index contributed by atoms with van der Waals surface area (Å²) >= 11 is 0. The van der Waals surface area contributed by atoms with Crippen LogP contribution in [0.4, 0.5) is 4.39 Å². The third-order valence-corrected chi connectivity index (χ3v) is 2.73. The fraction of sp³-hybridized carbons (Fsp3) is 0.545. The molecule has 1 aromatic heterocycles. The Morgan fingerprint density at radius 3 is 3.00 bits per heavy atom. The first-order valence-electron chi connectivity index (χ1n) is 5.25. The molecule has 2 unspecified atom stereocenters. The average molecular weight is 210 g/mol. The van der Waals surface area contributed by atoms with Crippen molar-refractivity contribution >= 4 is 0 Å². The van der Waals surface area contributed by atoms with Crippen LogP contribution in [0, 0.1) is 5.82 Å². The molecule has 2 atom stereocenters. The van der Waals surface area contributed by atoms with Gasteiger partial charge < -0.3 is 10.5 Å². The number of hydrogen-bond donors (Lipinski definition) is 1. The molecule has 0 bridgehead atoms. The Morgan fingerprint density at radius 1 is 1.47 bits per heavy atom. The largest absolute Gasteiger partial charge is 0.376 e. The van der Waals surface area contributed by atoms with E-state index >= 15 is 0 Å². The molecule has 1 fully saturated rings. The Hall–Kier alpha value is -1.00. The molecule has 0 aromatic carbocycles. The number of ether oxygens (including phenoxy) is 1. The lowest BCUT2D eigenvalue weighted by molar-refractivity contribution is -0.0000942. The fourth-order valence-electron chi connectivity index (χ4n) is 1.87. The van der Waals surface area contributed by atoms with Crippen LogP contribution in [0.3, 0.4) is 0 Å². The summed E-state index contributed by atoms with van der Waals surface area (Å²) in [6.45, 7) is 0.751. The molecule has 1 aliphatic heterocycles. The highest BCUT2D eigenvalue weighted by Gasteiger charge is 2.23. The third kappa shape index (κ3) is 2.52. The Kier molecular flexibility index (Phi) is 3.28. The molecule has 1 saturated heterocycles. The van der Waals surface area contributed by atoms with Crippen LogP contribution in [0.15, 0.2) is 18.5 Å². The van der Waals surface area contributed by atoms with Gasteiger partial charge in [-0.05, 0) is 30.9 Å². The predicted molar refractivity (Wildman–Crippen MR) is 54.7 cm³/mol. The van der Waals surface area contributed by atoms with Crippen LogP contribution in [-0.2, 0) is 4.74 Å². The van der Waals surface area contributed by atoms with Gasteiger partial charge in [0.05, 0.1) is 18.3 Å². The number of nitrogens with two attached hydrogens (primary N) is 1. The first-order chi connectivity index (χ1) is 7.27. The molecule has 0 saturated carbocycles. The summed E-state index contributed by atoms with van der Waals surface area (Å²) in [4.78, 5) is 3.79. The molecule has 82 valence electrons. The Labute approximate surface area is 88.5 Å². The van der Waals surface area contributed by atoms with E-state index in [0.717, 1.165) is 25.9 Å². The van der Waals surface area contributed by atoms with Gasteiger partial charge in [-0.15, -0.1) is 0 Å². The molecule has 0 radical (unpaired) electrons. The van der Waals surface area contributed by atoms with E-state index in [1.807, 2.05) is 0 Å². The average Bonchev–Trinajstić information content (AvgIpc) is 2.29. The summed E-state index contributed by atoms with van der Waals surface area (Å²) in [6.07, 6.45) is 5.94. The lowest BCUT2D eigenvalue weighted by atomic mass is 9.98. The van der Waals surface area contributed by atoms with E-state index in [0.29, 0.717) is 5.56 Å². The maximum Gasteiger partial charge on any atom is 0.141 e. The summed E-state index contributed by atoms with van der Waals surface area (Å²) in [5.41, 5.74) is 6.72. The number of aromatic nitrogens is 1. The summed E-state index contributed by atoms with van der Waals surface area (Å²) in [5.74, 6) is -0.348. The van der Waals surface area contributed by atoms with Crippen molar-refractivity contribution in [3.63, 3.8) is 0 Å². The first-order valence-corrected chi connectivity index (χ1v) is 5.25. The van der Waals surface area contributed by atoms with Gasteiger partial charge in [-0.1, -0.05) is 0 Å². The molecule has 1 aromatic rings. The Bertz CT molecular complexity index is 326. The molecular formula is C11H15FN2O. The molecule has 2 rings (SSSR count). The van der Waals surface area contributed by atoms with Gasteiger partial charge in [-0.2, -0.15) is 0 Å². The summed E-state index contributed by atoms with van der Waals surface area (Å²) in [5, 5.41) is 0. The molecular weight excluding hydrogens is 195 g/mol. The number of hydrogen-bond acceptors (Lipinski definition) is 3. The molecule has 2 N–H and O–H groups in total. The van der Waals surface area contributed by atoms with E-state index < -0.39 is 0 Å². The quantitative estimate of drug-likeness (QED) is 0.809. The minimum Gasteiger partial charge on any atom is -0.376 e. The summed E-state index contributed by atoms with van der Waals surface area (Å²) in [6, 6.07) is 1.16. The minimum absolute atomic E-state index is 0.00218. The van der Waals surface area contributed by atoms with E-state index in [1.165, 1.54) is 12.3 Å². The van der Waals surface area contributed by atoms with Crippen molar-refractivity contribution in [1.82, 2.24) is 4.98 Å². The van der Waals surface area contributed by atoms with Crippen molar-refractivity contribution in [3.05, 3.63) is 29.8 Å². The molecule has 15 heavy (non-hydrogen) atoms. The van der Waals surface area contributed by atoms with Gasteiger partial charge in [0.1, 0.15) is 5.82 Å². The van der Waals surface area contributed by atoms with Crippen molar-refractivity contribution in [3.8, 4) is 0 Å². The van der Waals surface area contributed by atoms with Crippen molar-refractivity contribution in [2.24, 2.45) is 5.73 Å². The molecule has 0 spiro atoms. The van der Waals surface area contributed by atoms with E-state index in [4.69, 9.17) is 10.5 Å². The zero-order valence-corrected chi connectivity index (χ0v) is 8.53. The third-order valence-electron chi connectivity index (χ3n) is 2.73. The molecule has 1 aliphatic rings. The maximum atomic E-state index is 12.9. The second kappa shape index (κ2) is 4.68. The molecule has 0 amide bonds. The topological polar surface area (TPSA) is 48.1 Å². The second-order valence-corrected chi connectivity index (χ2v) is 3.87. The van der Waals surface area contributed by atoms with Gasteiger partial charge in [-0.25, -0.2) is 4.39 Å². The smallest absolute Gasteiger partial charge is 0.141 e. The van der Waals surface area contributed by atoms with Crippen molar-refractivity contribution in [1.29, 1.82) is 0 Å². The monoisotopic (exact) mass is 210 g/mol. The number of nitrogens with zero attached hydrogens (tertiary/aromatic N) is 1. The molecule has 3 nitrogen and oxygen atoms in total. The molecule has 2 heterocycles. The molecule has 4 heteroatoms. The van der Waals surface area contributed by atoms with Crippen LogP contribution in [0.2, 0.25) is 0 Å². The van der Waals surface area contributed by atoms with E-state index in [9.17, 15) is 4.39 Å². The number of pyridine rings is 1. The Morgan fingerprint density at radius 2 is 2.33 bits per heavy atom. The maximum absolute atomic E-state index is 12.9. The second-order valence-electron chi connectivity index (χ2n) is 3.87. The van der Waals surface area contributed by atoms with Gasteiger partial charge in [-0.3, -0.25) is 4.98 Å². The van der Waals surface area contributed by atoms with Gasteiger partial charge in [0.25, 0.3) is 0 Å². The number of halogens is 1. The van der Waals surface area contributed by atoms with E-state index in [2.05, 4.69) is 4.98 Å². The first kappa shape index (κ1) is 10.5. The lowest BCUT2D eigenvalue weighted by Crippen LogP contribution is -2.32. The van der Waals surface area contributed by atoms with Crippen LogP contribution >= 0.6 is 0 Å². The van der Waals surface area contributed by atoms with E-state index in [-0.39, 0.29) is 18.0 Å². The highest BCUT2D eigenvalue weighted by atomic mass is 19.1. The highest BCUT2D eigenvalue weighted by Crippen LogP contribution is 2.24. The minimum atomic E-state index is -0.348. The zero-order chi connectivity index (χ0) is 10.7. The van der Waals surface area contributed by atoms with Crippen LogP contribution < -0.4 is 5.73 Å². The normalized spacial score (nSPS) is 23.7. The fourth-order valence-corrected chi connectivity index (χ4v) is 1.87. The standard InChI is InChI=1S/C11H15FN2O/c12-9-5-8(6-14-7-9)11(13)10-3-1-2-4-15-10/h5-7,10-11H,1-4,13H2. The van der Waals surface area contributed by atoms with Crippen LogP contribution in [0.25, 0.3) is 0 Å². The number of rotatable bonds is 2. The van der Waals surface area contributed by atoms with Crippen molar-refractivity contribution in [2.75, 3.05) is 6.61 Å². The van der Waals surface area contributed by atoms with Gasteiger partial charge in [0.15, 0.2) is 0 Å². The van der Waals surface area contributed by atoms with Crippen LogP contribution in [0.1, 0.15) is 30.9 Å². The van der Waals surface area contributed by atoms with Crippen LogP contribution in [-0.4, -0.2) is 17.7 Å². The lowest BCUT2D eigenvalue weighted by Gasteiger charge is -2.27. The zero-order valence-electron chi connectivity index (χ0n) is 8.53. The SMILES string of the molecule is NC(c1cncc(F)c1)C1CCCCO1. The van der Waals surface area contributed by atoms with E-state index in [1.54, 1.807) is 6.20 Å². The van der Waals surface area contributed by atoms with Crippen LogP contribution in [0.5, 0.6) is 0 Å². The Balaban J connectivity index is 2.08. The predicted octanol–water partition coefficient (Wildman–Crippen LogP) is 1.79. The van der Waals surface area contributed by atoms with Crippen molar-refractivity contribution in [2.45, 2.75) is 31.4 Å². The summed E-state index contributed by atoms with van der Waals surface area (Å²) < 4.78 is 18.5.